The van der Waals surface area contributed by atoms with Crippen LogP contribution in [0, 0.1) is 0 Å². The van der Waals surface area contributed by atoms with Crippen LogP contribution in [0.5, 0.6) is 0 Å². The molecule has 0 fully saturated rings. The van der Waals surface area contributed by atoms with E-state index in [2.05, 4.69) is 6.92 Å². The molecule has 0 bridgehead atoms. The molecule has 55 valence electrons. The fourth-order valence-corrected chi connectivity index (χ4v) is 1.45. The molecule has 1 radical (unpaired) electrons. The highest BCUT2D eigenvalue weighted by Crippen LogP contribution is 2.04. The number of hydrogen-bond acceptors (Lipinski definition) is 1. The summed E-state index contributed by atoms with van der Waals surface area (Å²) >= 11 is 1.95. The Hall–Kier alpha value is 0.310. The fourth-order valence-electron chi connectivity index (χ4n) is 0.553. The second-order valence-corrected chi connectivity index (χ2v) is 3.25. The number of hydrogen-bond donors (Lipinski definition) is 0. The second-order valence-electron chi connectivity index (χ2n) is 2.02. The van der Waals surface area contributed by atoms with Crippen LogP contribution >= 0.6 is 11.8 Å². The van der Waals surface area contributed by atoms with Crippen LogP contribution in [0.4, 0.5) is 0 Å². The lowest BCUT2D eigenvalue weighted by Crippen LogP contribution is -1.85. The van der Waals surface area contributed by atoms with Crippen molar-refractivity contribution in [3.63, 3.8) is 0 Å². The Morgan fingerprint density at radius 1 is 1.22 bits per heavy atom. The molecule has 0 saturated heterocycles. The standard InChI is InChI=1S/C7H15OS/c1-2-6-9-7-4-3-5-8/h2-7H2,1H3. The Morgan fingerprint density at radius 2 is 2.00 bits per heavy atom. The molecular formula is C7H15OS. The van der Waals surface area contributed by atoms with Crippen molar-refractivity contribution in [3.8, 4) is 0 Å². The summed E-state index contributed by atoms with van der Waals surface area (Å²) in [7, 11) is 0. The monoisotopic (exact) mass is 147 g/mol. The van der Waals surface area contributed by atoms with Gasteiger partial charge in [0.05, 0.1) is 6.61 Å². The summed E-state index contributed by atoms with van der Waals surface area (Å²) < 4.78 is 0. The number of unbranched alkanes of at least 4 members (excludes halogenated alkanes) is 1. The summed E-state index contributed by atoms with van der Waals surface area (Å²) in [5.74, 6) is 2.43. The van der Waals surface area contributed by atoms with Gasteiger partial charge in [0, 0.05) is 0 Å². The Morgan fingerprint density at radius 3 is 2.56 bits per heavy atom. The molecule has 0 aliphatic rings. The third kappa shape index (κ3) is 8.31. The van der Waals surface area contributed by atoms with Crippen molar-refractivity contribution < 1.29 is 5.11 Å². The molecule has 0 aliphatic carbocycles. The molecule has 0 saturated carbocycles. The second kappa shape index (κ2) is 8.31. The minimum Gasteiger partial charge on any atom is -0.237 e. The van der Waals surface area contributed by atoms with Gasteiger partial charge in [0.15, 0.2) is 0 Å². The van der Waals surface area contributed by atoms with Gasteiger partial charge in [-0.3, -0.25) is 0 Å². The zero-order valence-electron chi connectivity index (χ0n) is 6.06. The molecule has 0 aliphatic heterocycles. The Labute approximate surface area is 61.8 Å². The van der Waals surface area contributed by atoms with E-state index >= 15 is 0 Å². The van der Waals surface area contributed by atoms with Crippen molar-refractivity contribution in [1.82, 2.24) is 0 Å². The van der Waals surface area contributed by atoms with E-state index in [9.17, 15) is 5.11 Å². The molecule has 0 atom stereocenters. The minimum atomic E-state index is 0.104. The number of rotatable bonds is 6. The molecule has 0 amide bonds. The molecule has 9 heavy (non-hydrogen) atoms. The van der Waals surface area contributed by atoms with E-state index in [1.54, 1.807) is 0 Å². The van der Waals surface area contributed by atoms with Crippen molar-refractivity contribution in [2.75, 3.05) is 18.1 Å². The lowest BCUT2D eigenvalue weighted by atomic mass is 10.4. The first-order valence-electron chi connectivity index (χ1n) is 3.57. The van der Waals surface area contributed by atoms with E-state index < -0.39 is 0 Å². The first-order valence-corrected chi connectivity index (χ1v) is 4.73. The van der Waals surface area contributed by atoms with Gasteiger partial charge in [-0.2, -0.15) is 11.8 Å². The van der Waals surface area contributed by atoms with E-state index in [1.165, 1.54) is 17.9 Å². The van der Waals surface area contributed by atoms with Crippen LogP contribution in [0.3, 0.4) is 0 Å². The highest BCUT2D eigenvalue weighted by molar-refractivity contribution is 7.99. The first-order chi connectivity index (χ1) is 4.41. The topological polar surface area (TPSA) is 19.9 Å². The van der Waals surface area contributed by atoms with Gasteiger partial charge in [0.1, 0.15) is 0 Å². The quantitative estimate of drug-likeness (QED) is 0.528. The van der Waals surface area contributed by atoms with Gasteiger partial charge >= 0.3 is 0 Å². The van der Waals surface area contributed by atoms with Gasteiger partial charge in [-0.25, -0.2) is 5.11 Å². The highest BCUT2D eigenvalue weighted by Gasteiger charge is 1.86. The van der Waals surface area contributed by atoms with Crippen LogP contribution in [0.2, 0.25) is 0 Å². The molecule has 0 spiro atoms. The third-order valence-electron chi connectivity index (χ3n) is 1.03. The normalized spacial score (nSPS) is 10.0. The zero-order chi connectivity index (χ0) is 6.95. The molecular weight excluding hydrogens is 132 g/mol. The predicted octanol–water partition coefficient (Wildman–Crippen LogP) is 2.34. The molecule has 0 unspecified atom stereocenters. The van der Waals surface area contributed by atoms with Crippen LogP contribution in [0.25, 0.3) is 0 Å². The molecule has 0 rings (SSSR count). The minimum absolute atomic E-state index is 0.104. The number of thioether (sulfide) groups is 1. The van der Waals surface area contributed by atoms with Crippen molar-refractivity contribution in [2.45, 2.75) is 26.2 Å². The van der Waals surface area contributed by atoms with Crippen molar-refractivity contribution >= 4 is 11.8 Å². The Kier molecular flexibility index (Phi) is 8.60. The van der Waals surface area contributed by atoms with E-state index in [0.29, 0.717) is 0 Å². The average Bonchev–Trinajstić information content (AvgIpc) is 1.89. The predicted molar refractivity (Wildman–Crippen MR) is 42.4 cm³/mol. The third-order valence-corrected chi connectivity index (χ3v) is 2.31. The van der Waals surface area contributed by atoms with Gasteiger partial charge in [0.2, 0.25) is 0 Å². The Balaban J connectivity index is 2.60. The summed E-state index contributed by atoms with van der Waals surface area (Å²) in [4.78, 5) is 0. The zero-order valence-corrected chi connectivity index (χ0v) is 6.88. The fraction of sp³-hybridized carbons (Fsp3) is 1.00. The van der Waals surface area contributed by atoms with Crippen molar-refractivity contribution in [3.05, 3.63) is 0 Å². The van der Waals surface area contributed by atoms with E-state index in [-0.39, 0.29) is 6.61 Å². The lowest BCUT2D eigenvalue weighted by molar-refractivity contribution is 0.188. The van der Waals surface area contributed by atoms with E-state index in [1.807, 2.05) is 11.8 Å². The van der Waals surface area contributed by atoms with Crippen LogP contribution in [0.15, 0.2) is 0 Å². The first kappa shape index (κ1) is 9.31. The average molecular weight is 147 g/mol. The molecule has 0 aromatic carbocycles. The highest BCUT2D eigenvalue weighted by atomic mass is 32.2. The summed E-state index contributed by atoms with van der Waals surface area (Å²) in [5.41, 5.74) is 0. The SMILES string of the molecule is CCCSCCCC[O]. The van der Waals surface area contributed by atoms with Gasteiger partial charge < -0.3 is 0 Å². The van der Waals surface area contributed by atoms with Crippen molar-refractivity contribution in [2.24, 2.45) is 0 Å². The van der Waals surface area contributed by atoms with E-state index in [0.717, 1.165) is 12.8 Å². The summed E-state index contributed by atoms with van der Waals surface area (Å²) in [6, 6.07) is 0. The summed E-state index contributed by atoms with van der Waals surface area (Å²) in [5, 5.41) is 9.95. The van der Waals surface area contributed by atoms with Crippen LogP contribution in [0.1, 0.15) is 26.2 Å². The molecule has 0 aromatic heterocycles. The van der Waals surface area contributed by atoms with Gasteiger partial charge in [-0.1, -0.05) is 6.92 Å². The molecule has 0 heterocycles. The summed E-state index contributed by atoms with van der Waals surface area (Å²) in [6.45, 7) is 2.29. The maximum atomic E-state index is 9.95. The molecule has 0 aromatic rings. The maximum absolute atomic E-state index is 9.95. The van der Waals surface area contributed by atoms with E-state index in [4.69, 9.17) is 0 Å². The lowest BCUT2D eigenvalue weighted by Gasteiger charge is -1.95. The van der Waals surface area contributed by atoms with Crippen molar-refractivity contribution in [1.29, 1.82) is 0 Å². The van der Waals surface area contributed by atoms with Crippen LogP contribution in [-0.2, 0) is 5.11 Å². The van der Waals surface area contributed by atoms with Gasteiger partial charge in [0.25, 0.3) is 0 Å². The molecule has 0 N–H and O–H groups in total. The largest absolute Gasteiger partial charge is 0.237 e. The van der Waals surface area contributed by atoms with Gasteiger partial charge in [-0.05, 0) is 30.8 Å². The summed E-state index contributed by atoms with van der Waals surface area (Å²) in [6.07, 6.45) is 3.22. The molecule has 2 heteroatoms. The van der Waals surface area contributed by atoms with Gasteiger partial charge in [-0.15, -0.1) is 0 Å². The maximum Gasteiger partial charge on any atom is 0.0822 e. The smallest absolute Gasteiger partial charge is 0.0822 e. The van der Waals surface area contributed by atoms with Crippen LogP contribution in [-0.4, -0.2) is 18.1 Å². The Bertz CT molecular complexity index is 42.2. The molecule has 1 nitrogen and oxygen atoms in total. The van der Waals surface area contributed by atoms with Crippen LogP contribution < -0.4 is 0 Å².